The van der Waals surface area contributed by atoms with Crippen LogP contribution in [0.4, 0.5) is 4.79 Å². The number of hydrogen-bond donors (Lipinski definition) is 0. The molecule has 6 atom stereocenters. The SMILES string of the molecule is CC[C@H](C(=O)N1C(=O)OC[C@@H]1Cc1ccccc1)[C@H](OC(C)=O)[C@H](C)CC[C@@H]1C[C@@H](CO[Si](c2ccccc2)(c2ccccc2)C(C)(C)C)OC(C)(C)O1. The Labute approximate surface area is 322 Å². The van der Waals surface area contributed by atoms with Crippen molar-refractivity contribution >= 4 is 36.7 Å². The van der Waals surface area contributed by atoms with Crippen LogP contribution >= 0.6 is 0 Å². The number of esters is 1. The molecule has 0 saturated carbocycles. The number of imide groups is 1. The Bertz CT molecular complexity index is 1640. The molecule has 0 radical (unpaired) electrons. The van der Waals surface area contributed by atoms with Crippen molar-refractivity contribution in [3.8, 4) is 0 Å². The van der Waals surface area contributed by atoms with Crippen LogP contribution in [-0.2, 0) is 39.4 Å². The number of carbonyl (C=O) groups is 3. The zero-order valence-electron chi connectivity index (χ0n) is 33.3. The third-order valence-electron chi connectivity index (χ3n) is 10.8. The summed E-state index contributed by atoms with van der Waals surface area (Å²) >= 11 is 0. The topological polar surface area (TPSA) is 101 Å². The first kappa shape index (κ1) is 41.3. The predicted molar refractivity (Wildman–Crippen MR) is 212 cm³/mol. The van der Waals surface area contributed by atoms with Gasteiger partial charge in [-0.3, -0.25) is 9.59 Å². The lowest BCUT2D eigenvalue weighted by atomic mass is 9.84. The normalized spacial score (nSPS) is 21.9. The molecular formula is C44H59NO8Si. The van der Waals surface area contributed by atoms with Crippen LogP contribution in [0.2, 0.25) is 5.04 Å². The molecule has 0 bridgehead atoms. The molecule has 3 aromatic rings. The summed E-state index contributed by atoms with van der Waals surface area (Å²) in [6, 6.07) is 30.5. The zero-order chi connectivity index (χ0) is 39.1. The summed E-state index contributed by atoms with van der Waals surface area (Å²) in [5.41, 5.74) is 1.01. The Kier molecular flexibility index (Phi) is 13.6. The minimum atomic E-state index is -2.78. The molecule has 10 heteroatoms. The maximum absolute atomic E-state index is 14.2. The van der Waals surface area contributed by atoms with Gasteiger partial charge in [-0.15, -0.1) is 0 Å². The monoisotopic (exact) mass is 757 g/mol. The van der Waals surface area contributed by atoms with Crippen molar-refractivity contribution in [3.63, 3.8) is 0 Å². The number of hydrogen-bond acceptors (Lipinski definition) is 8. The van der Waals surface area contributed by atoms with E-state index in [1.54, 1.807) is 0 Å². The molecule has 3 aromatic carbocycles. The van der Waals surface area contributed by atoms with Gasteiger partial charge in [-0.1, -0.05) is 126 Å². The number of nitrogens with zero attached hydrogens (tertiary/aromatic N) is 1. The molecule has 2 aliphatic rings. The quantitative estimate of drug-likeness (QED) is 0.117. The van der Waals surface area contributed by atoms with Gasteiger partial charge in [0.05, 0.1) is 30.8 Å². The number of ether oxygens (including phenoxy) is 4. The third-order valence-corrected chi connectivity index (χ3v) is 15.8. The van der Waals surface area contributed by atoms with Crippen LogP contribution in [0.5, 0.6) is 0 Å². The second kappa shape index (κ2) is 17.7. The van der Waals surface area contributed by atoms with E-state index >= 15 is 0 Å². The number of rotatable bonds is 15. The van der Waals surface area contributed by atoms with Crippen molar-refractivity contribution in [3.05, 3.63) is 96.6 Å². The lowest BCUT2D eigenvalue weighted by molar-refractivity contribution is -0.304. The second-order valence-corrected chi connectivity index (χ2v) is 20.7. The predicted octanol–water partition coefficient (Wildman–Crippen LogP) is 7.44. The minimum Gasteiger partial charge on any atom is -0.461 e. The van der Waals surface area contributed by atoms with Crippen molar-refractivity contribution in [2.45, 2.75) is 123 Å². The lowest BCUT2D eigenvalue weighted by Gasteiger charge is -2.46. The molecule has 2 saturated heterocycles. The molecule has 5 rings (SSSR count). The molecule has 2 fully saturated rings. The number of cyclic esters (lactones) is 1. The fraction of sp³-hybridized carbons (Fsp3) is 0.523. The van der Waals surface area contributed by atoms with Crippen LogP contribution in [-0.4, -0.2) is 74.5 Å². The van der Waals surface area contributed by atoms with Crippen LogP contribution in [0, 0.1) is 11.8 Å². The first-order chi connectivity index (χ1) is 25.6. The molecular weight excluding hydrogens is 699 g/mol. The molecule has 0 spiro atoms. The van der Waals surface area contributed by atoms with Gasteiger partial charge in [0.2, 0.25) is 5.91 Å². The molecule has 2 amide bonds. The summed E-state index contributed by atoms with van der Waals surface area (Å²) in [7, 11) is -2.78. The minimum absolute atomic E-state index is 0.126. The van der Waals surface area contributed by atoms with E-state index < -0.39 is 44.2 Å². The van der Waals surface area contributed by atoms with Crippen LogP contribution in [0.25, 0.3) is 0 Å². The van der Waals surface area contributed by atoms with E-state index in [1.165, 1.54) is 22.2 Å². The van der Waals surface area contributed by atoms with E-state index in [1.807, 2.05) is 70.2 Å². The van der Waals surface area contributed by atoms with E-state index in [-0.39, 0.29) is 35.7 Å². The molecule has 292 valence electrons. The fourth-order valence-corrected chi connectivity index (χ4v) is 13.0. The van der Waals surface area contributed by atoms with Gasteiger partial charge in [0.15, 0.2) is 5.79 Å². The van der Waals surface area contributed by atoms with E-state index in [2.05, 4.69) is 69.3 Å². The van der Waals surface area contributed by atoms with Crippen molar-refractivity contribution in [2.75, 3.05) is 13.2 Å². The molecule has 0 unspecified atom stereocenters. The van der Waals surface area contributed by atoms with Gasteiger partial charge in [-0.25, -0.2) is 9.69 Å². The highest BCUT2D eigenvalue weighted by Crippen LogP contribution is 2.38. The Hall–Kier alpha value is -3.83. The summed E-state index contributed by atoms with van der Waals surface area (Å²) in [6.45, 7) is 16.5. The molecule has 9 nitrogen and oxygen atoms in total. The Morgan fingerprint density at radius 1 is 0.907 bits per heavy atom. The van der Waals surface area contributed by atoms with E-state index in [4.69, 9.17) is 23.4 Å². The summed E-state index contributed by atoms with van der Waals surface area (Å²) in [5.74, 6) is -2.59. The van der Waals surface area contributed by atoms with Crippen molar-refractivity contribution in [1.29, 1.82) is 0 Å². The fourth-order valence-electron chi connectivity index (χ4n) is 8.37. The van der Waals surface area contributed by atoms with Crippen molar-refractivity contribution in [2.24, 2.45) is 11.8 Å². The maximum atomic E-state index is 14.2. The molecule has 54 heavy (non-hydrogen) atoms. The first-order valence-corrected chi connectivity index (χ1v) is 21.4. The van der Waals surface area contributed by atoms with Gasteiger partial charge in [0.25, 0.3) is 8.32 Å². The highest BCUT2D eigenvalue weighted by atomic mass is 28.4. The lowest BCUT2D eigenvalue weighted by Crippen LogP contribution is -2.67. The summed E-state index contributed by atoms with van der Waals surface area (Å²) in [4.78, 5) is 40.8. The number of amides is 2. The zero-order valence-corrected chi connectivity index (χ0v) is 34.3. The van der Waals surface area contributed by atoms with Crippen molar-refractivity contribution in [1.82, 2.24) is 4.90 Å². The van der Waals surface area contributed by atoms with Crippen LogP contribution in [0.1, 0.15) is 86.6 Å². The first-order valence-electron chi connectivity index (χ1n) is 19.5. The van der Waals surface area contributed by atoms with Gasteiger partial charge in [-0.05, 0) is 66.4 Å². The van der Waals surface area contributed by atoms with Gasteiger partial charge >= 0.3 is 12.1 Å². The van der Waals surface area contributed by atoms with Gasteiger partial charge in [0.1, 0.15) is 12.7 Å². The molecule has 2 aliphatic heterocycles. The molecule has 0 aliphatic carbocycles. The Morgan fingerprint density at radius 3 is 2.00 bits per heavy atom. The molecule has 2 heterocycles. The molecule has 0 aromatic heterocycles. The van der Waals surface area contributed by atoms with Gasteiger partial charge < -0.3 is 23.4 Å². The summed E-state index contributed by atoms with van der Waals surface area (Å²) < 4.78 is 31.5. The second-order valence-electron chi connectivity index (χ2n) is 16.4. The van der Waals surface area contributed by atoms with Crippen LogP contribution < -0.4 is 10.4 Å². The van der Waals surface area contributed by atoms with Crippen LogP contribution in [0.15, 0.2) is 91.0 Å². The highest BCUT2D eigenvalue weighted by Gasteiger charge is 2.51. The largest absolute Gasteiger partial charge is 0.461 e. The maximum Gasteiger partial charge on any atom is 0.416 e. The standard InChI is InChI=1S/C44H59NO8Si/c1-9-39(41(47)45-34(29-49-42(45)48)27-33-19-13-10-14-20-33)40(51-32(3)46)31(2)25-26-35-28-36(53-44(7,8)52-35)30-50-54(43(4,5)6,37-21-15-11-16-22-37)38-23-17-12-18-24-38/h10-24,31,34-36,39-40H,9,25-30H2,1-8H3/t31-,34+,35-,36+,39+,40-/m1/s1. The van der Waals surface area contributed by atoms with E-state index in [0.29, 0.717) is 38.7 Å². The number of carbonyl (C=O) groups excluding carboxylic acids is 3. The van der Waals surface area contributed by atoms with Crippen LogP contribution in [0.3, 0.4) is 0 Å². The average molecular weight is 758 g/mol. The van der Waals surface area contributed by atoms with Gasteiger partial charge in [0, 0.05) is 13.3 Å². The average Bonchev–Trinajstić information content (AvgIpc) is 3.49. The Balaban J connectivity index is 1.30. The Morgan fingerprint density at radius 2 is 1.46 bits per heavy atom. The number of benzene rings is 3. The smallest absolute Gasteiger partial charge is 0.416 e. The van der Waals surface area contributed by atoms with Gasteiger partial charge in [-0.2, -0.15) is 0 Å². The summed E-state index contributed by atoms with van der Waals surface area (Å²) in [6.07, 6.45) is 1.05. The van der Waals surface area contributed by atoms with E-state index in [9.17, 15) is 14.4 Å². The van der Waals surface area contributed by atoms with E-state index in [0.717, 1.165) is 5.56 Å². The van der Waals surface area contributed by atoms with Crippen molar-refractivity contribution < 1.29 is 37.8 Å². The molecule has 0 N–H and O–H groups in total. The highest BCUT2D eigenvalue weighted by molar-refractivity contribution is 6.99. The third kappa shape index (κ3) is 9.69. The summed E-state index contributed by atoms with van der Waals surface area (Å²) in [5, 5.41) is 2.26.